The van der Waals surface area contributed by atoms with E-state index < -0.39 is 12.7 Å². The molecule has 0 amide bonds. The van der Waals surface area contributed by atoms with E-state index in [1.807, 2.05) is 0 Å². The van der Waals surface area contributed by atoms with Gasteiger partial charge in [-0.25, -0.2) is 0 Å². The number of hydrogen-bond donors (Lipinski definition) is 1. The quantitative estimate of drug-likeness (QED) is 0.787. The van der Waals surface area contributed by atoms with Crippen LogP contribution in [0.3, 0.4) is 0 Å². The van der Waals surface area contributed by atoms with Crippen LogP contribution in [0.4, 0.5) is 13.2 Å². The molecule has 0 spiro atoms. The summed E-state index contributed by atoms with van der Waals surface area (Å²) in [6.07, 6.45) is -1.81. The molecular formula is C11H20F3N3. The number of halogens is 3. The molecule has 0 bridgehead atoms. The van der Waals surface area contributed by atoms with Crippen molar-refractivity contribution in [3.05, 3.63) is 0 Å². The number of hydrogen-bond acceptors (Lipinski definition) is 3. The van der Waals surface area contributed by atoms with E-state index in [1.165, 1.54) is 4.90 Å². The van der Waals surface area contributed by atoms with Crippen molar-refractivity contribution in [1.82, 2.24) is 15.1 Å². The molecule has 0 aromatic carbocycles. The predicted molar refractivity (Wildman–Crippen MR) is 60.0 cm³/mol. The van der Waals surface area contributed by atoms with Gasteiger partial charge < -0.3 is 5.32 Å². The molecule has 2 rings (SSSR count). The lowest BCUT2D eigenvalue weighted by atomic mass is 10.0. The first-order valence-electron chi connectivity index (χ1n) is 6.28. The van der Waals surface area contributed by atoms with Crippen molar-refractivity contribution in [3.63, 3.8) is 0 Å². The number of nitrogens with one attached hydrogen (secondary N) is 1. The average Bonchev–Trinajstić information content (AvgIpc) is 2.29. The van der Waals surface area contributed by atoms with Gasteiger partial charge in [0.2, 0.25) is 0 Å². The average molecular weight is 251 g/mol. The number of piperazine rings is 1. The topological polar surface area (TPSA) is 18.5 Å². The van der Waals surface area contributed by atoms with E-state index in [2.05, 4.69) is 10.2 Å². The fourth-order valence-electron chi connectivity index (χ4n) is 2.71. The van der Waals surface area contributed by atoms with Crippen LogP contribution in [0.1, 0.15) is 12.8 Å². The van der Waals surface area contributed by atoms with Crippen LogP contribution in [-0.4, -0.2) is 67.8 Å². The Kier molecular flexibility index (Phi) is 4.27. The van der Waals surface area contributed by atoms with Crippen LogP contribution in [0.2, 0.25) is 0 Å². The minimum Gasteiger partial charge on any atom is -0.317 e. The third-order valence-corrected chi connectivity index (χ3v) is 3.63. The maximum absolute atomic E-state index is 12.2. The summed E-state index contributed by atoms with van der Waals surface area (Å²) in [4.78, 5) is 3.87. The van der Waals surface area contributed by atoms with Crippen LogP contribution in [0.15, 0.2) is 0 Å². The Morgan fingerprint density at radius 1 is 1.00 bits per heavy atom. The van der Waals surface area contributed by atoms with Gasteiger partial charge in [-0.2, -0.15) is 13.2 Å². The Morgan fingerprint density at radius 3 is 2.12 bits per heavy atom. The summed E-state index contributed by atoms with van der Waals surface area (Å²) >= 11 is 0. The van der Waals surface area contributed by atoms with Gasteiger partial charge in [0.25, 0.3) is 0 Å². The van der Waals surface area contributed by atoms with Crippen molar-refractivity contribution in [3.8, 4) is 0 Å². The molecule has 0 radical (unpaired) electrons. The molecule has 2 saturated heterocycles. The Labute approximate surface area is 99.9 Å². The van der Waals surface area contributed by atoms with E-state index in [0.717, 1.165) is 39.0 Å². The van der Waals surface area contributed by atoms with Gasteiger partial charge in [0.1, 0.15) is 0 Å². The van der Waals surface area contributed by atoms with Gasteiger partial charge in [-0.1, -0.05) is 0 Å². The number of rotatable bonds is 2. The molecular weight excluding hydrogens is 231 g/mol. The summed E-state index contributed by atoms with van der Waals surface area (Å²) in [5.41, 5.74) is 0. The van der Waals surface area contributed by atoms with E-state index >= 15 is 0 Å². The predicted octanol–water partition coefficient (Wildman–Crippen LogP) is 0.918. The van der Waals surface area contributed by atoms with Gasteiger partial charge in [0.15, 0.2) is 0 Å². The summed E-state index contributed by atoms with van der Waals surface area (Å²) in [5.74, 6) is 0. The summed E-state index contributed by atoms with van der Waals surface area (Å²) in [6.45, 7) is 3.96. The van der Waals surface area contributed by atoms with Crippen molar-refractivity contribution in [2.45, 2.75) is 25.1 Å². The van der Waals surface area contributed by atoms with Gasteiger partial charge in [-0.05, 0) is 25.9 Å². The van der Waals surface area contributed by atoms with E-state index in [-0.39, 0.29) is 0 Å². The van der Waals surface area contributed by atoms with Gasteiger partial charge in [0.05, 0.1) is 6.54 Å². The maximum Gasteiger partial charge on any atom is 0.401 e. The molecule has 0 saturated carbocycles. The molecule has 2 heterocycles. The molecule has 6 heteroatoms. The van der Waals surface area contributed by atoms with Crippen molar-refractivity contribution in [2.24, 2.45) is 0 Å². The lowest BCUT2D eigenvalue weighted by molar-refractivity contribution is -0.150. The Hall–Kier alpha value is -0.330. The number of nitrogens with zero attached hydrogens (tertiary/aromatic N) is 2. The molecule has 0 aliphatic carbocycles. The van der Waals surface area contributed by atoms with Crippen LogP contribution in [0, 0.1) is 0 Å². The van der Waals surface area contributed by atoms with Crippen LogP contribution >= 0.6 is 0 Å². The lowest BCUT2D eigenvalue weighted by Gasteiger charge is -2.41. The highest BCUT2D eigenvalue weighted by atomic mass is 19.4. The van der Waals surface area contributed by atoms with Crippen LogP contribution in [0.25, 0.3) is 0 Å². The molecule has 2 fully saturated rings. The second-order valence-corrected chi connectivity index (χ2v) is 4.91. The zero-order chi connectivity index (χ0) is 12.3. The molecule has 0 atom stereocenters. The number of piperidine rings is 1. The lowest BCUT2D eigenvalue weighted by Crippen LogP contribution is -2.54. The second-order valence-electron chi connectivity index (χ2n) is 4.91. The van der Waals surface area contributed by atoms with Crippen molar-refractivity contribution in [1.29, 1.82) is 0 Å². The molecule has 0 aromatic rings. The van der Waals surface area contributed by atoms with Crippen LogP contribution < -0.4 is 5.32 Å². The SMILES string of the molecule is FC(F)(F)CN1CCN(C2CCNCC2)CC1. The maximum atomic E-state index is 12.2. The highest BCUT2D eigenvalue weighted by Crippen LogP contribution is 2.19. The fraction of sp³-hybridized carbons (Fsp3) is 1.00. The minimum atomic E-state index is -4.06. The second kappa shape index (κ2) is 5.54. The molecule has 1 N–H and O–H groups in total. The van der Waals surface area contributed by atoms with E-state index in [0.29, 0.717) is 19.1 Å². The molecule has 2 aliphatic heterocycles. The van der Waals surface area contributed by atoms with Crippen molar-refractivity contribution < 1.29 is 13.2 Å². The van der Waals surface area contributed by atoms with Gasteiger partial charge in [-0.15, -0.1) is 0 Å². The highest BCUT2D eigenvalue weighted by molar-refractivity contribution is 4.82. The summed E-state index contributed by atoms with van der Waals surface area (Å²) in [6, 6.07) is 0.573. The van der Waals surface area contributed by atoms with Gasteiger partial charge >= 0.3 is 6.18 Å². The Balaban J connectivity index is 1.73. The van der Waals surface area contributed by atoms with Gasteiger partial charge in [-0.3, -0.25) is 9.80 Å². The molecule has 100 valence electrons. The molecule has 0 aromatic heterocycles. The summed E-state index contributed by atoms with van der Waals surface area (Å²) < 4.78 is 36.7. The van der Waals surface area contributed by atoms with E-state index in [1.54, 1.807) is 0 Å². The molecule has 2 aliphatic rings. The first kappa shape index (κ1) is 13.1. The zero-order valence-corrected chi connectivity index (χ0v) is 9.97. The van der Waals surface area contributed by atoms with E-state index in [9.17, 15) is 13.2 Å². The highest BCUT2D eigenvalue weighted by Gasteiger charge is 2.33. The minimum absolute atomic E-state index is 0.545. The Morgan fingerprint density at radius 2 is 1.59 bits per heavy atom. The third-order valence-electron chi connectivity index (χ3n) is 3.63. The standard InChI is InChI=1S/C11H20F3N3/c12-11(13,14)9-16-5-7-17(8-6-16)10-1-3-15-4-2-10/h10,15H,1-9H2. The Bertz CT molecular complexity index is 231. The van der Waals surface area contributed by atoms with Crippen molar-refractivity contribution >= 4 is 0 Å². The van der Waals surface area contributed by atoms with Crippen LogP contribution in [-0.2, 0) is 0 Å². The monoisotopic (exact) mass is 251 g/mol. The first-order valence-corrected chi connectivity index (χ1v) is 6.28. The first-order chi connectivity index (χ1) is 8.04. The normalized spacial score (nSPS) is 26.3. The summed E-state index contributed by atoms with van der Waals surface area (Å²) in [7, 11) is 0. The largest absolute Gasteiger partial charge is 0.401 e. The fourth-order valence-corrected chi connectivity index (χ4v) is 2.71. The molecule has 17 heavy (non-hydrogen) atoms. The summed E-state index contributed by atoms with van der Waals surface area (Å²) in [5, 5.41) is 3.31. The zero-order valence-electron chi connectivity index (χ0n) is 9.97. The molecule has 3 nitrogen and oxygen atoms in total. The van der Waals surface area contributed by atoms with Gasteiger partial charge in [0, 0.05) is 32.2 Å². The molecule has 0 unspecified atom stereocenters. The smallest absolute Gasteiger partial charge is 0.317 e. The third kappa shape index (κ3) is 4.12. The number of alkyl halides is 3. The van der Waals surface area contributed by atoms with Crippen molar-refractivity contribution in [2.75, 3.05) is 45.8 Å². The van der Waals surface area contributed by atoms with E-state index in [4.69, 9.17) is 0 Å². The van der Waals surface area contributed by atoms with Crippen LogP contribution in [0.5, 0.6) is 0 Å².